The summed E-state index contributed by atoms with van der Waals surface area (Å²) in [7, 11) is 3.40. The van der Waals surface area contributed by atoms with E-state index in [2.05, 4.69) is 17.4 Å². The van der Waals surface area contributed by atoms with E-state index in [0.29, 0.717) is 0 Å². The van der Waals surface area contributed by atoms with Gasteiger partial charge in [-0.1, -0.05) is 24.3 Å². The van der Waals surface area contributed by atoms with Crippen LogP contribution in [0.2, 0.25) is 0 Å². The molecule has 19 heavy (non-hydrogen) atoms. The van der Waals surface area contributed by atoms with Crippen molar-refractivity contribution in [3.63, 3.8) is 0 Å². The molecule has 0 spiro atoms. The molecule has 3 nitrogen and oxygen atoms in total. The van der Waals surface area contributed by atoms with Gasteiger partial charge in [0.2, 0.25) is 0 Å². The lowest BCUT2D eigenvalue weighted by Gasteiger charge is -2.15. The lowest BCUT2D eigenvalue weighted by molar-refractivity contribution is 0.407. The first-order valence-corrected chi connectivity index (χ1v) is 6.38. The summed E-state index contributed by atoms with van der Waals surface area (Å²) >= 11 is 0. The highest BCUT2D eigenvalue weighted by molar-refractivity contribution is 5.62. The van der Waals surface area contributed by atoms with Crippen LogP contribution >= 0.6 is 0 Å². The predicted molar refractivity (Wildman–Crippen MR) is 76.1 cm³/mol. The Hall–Kier alpha value is -2.16. The number of para-hydroxylation sites is 1. The van der Waals surface area contributed by atoms with Gasteiger partial charge in [-0.15, -0.1) is 0 Å². The average molecular weight is 255 g/mol. The molecule has 1 aliphatic rings. The summed E-state index contributed by atoms with van der Waals surface area (Å²) in [6, 6.07) is 14.6. The molecule has 3 rings (SSSR count). The van der Waals surface area contributed by atoms with Crippen molar-refractivity contribution in [2.75, 3.05) is 19.5 Å². The Labute approximate surface area is 113 Å². The van der Waals surface area contributed by atoms with Crippen LogP contribution in [-0.2, 0) is 6.42 Å². The van der Waals surface area contributed by atoms with Crippen LogP contribution in [0.3, 0.4) is 0 Å². The average Bonchev–Trinajstić information content (AvgIpc) is 2.89. The molecule has 0 bridgehead atoms. The van der Waals surface area contributed by atoms with Gasteiger partial charge in [-0.2, -0.15) is 0 Å². The Kier molecular flexibility index (Phi) is 3.03. The fourth-order valence-electron chi connectivity index (χ4n) is 2.60. The molecule has 2 aromatic rings. The summed E-state index contributed by atoms with van der Waals surface area (Å²) in [5, 5.41) is 3.54. The van der Waals surface area contributed by atoms with E-state index in [-0.39, 0.29) is 6.04 Å². The minimum atomic E-state index is 0.262. The van der Waals surface area contributed by atoms with Gasteiger partial charge in [0, 0.05) is 17.3 Å². The molecule has 1 aliphatic heterocycles. The van der Waals surface area contributed by atoms with Gasteiger partial charge in [-0.25, -0.2) is 0 Å². The SMILES string of the molecule is COc1ccc2c(c1)NC(c1ccccc1OC)C2. The van der Waals surface area contributed by atoms with E-state index >= 15 is 0 Å². The molecule has 1 N–H and O–H groups in total. The number of ether oxygens (including phenoxy) is 2. The van der Waals surface area contributed by atoms with Gasteiger partial charge >= 0.3 is 0 Å². The maximum absolute atomic E-state index is 5.44. The second kappa shape index (κ2) is 4.84. The molecule has 0 saturated heterocycles. The van der Waals surface area contributed by atoms with Crippen molar-refractivity contribution in [2.45, 2.75) is 12.5 Å². The largest absolute Gasteiger partial charge is 0.497 e. The predicted octanol–water partition coefficient (Wildman–Crippen LogP) is 3.41. The minimum Gasteiger partial charge on any atom is -0.497 e. The van der Waals surface area contributed by atoms with Crippen molar-refractivity contribution < 1.29 is 9.47 Å². The van der Waals surface area contributed by atoms with E-state index in [1.165, 1.54) is 11.1 Å². The lowest BCUT2D eigenvalue weighted by atomic mass is 10.0. The number of nitrogens with one attached hydrogen (secondary N) is 1. The molecule has 0 saturated carbocycles. The molecular formula is C16H17NO2. The summed E-state index contributed by atoms with van der Waals surface area (Å²) in [5.41, 5.74) is 3.66. The van der Waals surface area contributed by atoms with Crippen LogP contribution in [0.15, 0.2) is 42.5 Å². The van der Waals surface area contributed by atoms with Crippen LogP contribution in [-0.4, -0.2) is 14.2 Å². The topological polar surface area (TPSA) is 30.5 Å². The highest BCUT2D eigenvalue weighted by Gasteiger charge is 2.24. The van der Waals surface area contributed by atoms with Gasteiger partial charge in [0.15, 0.2) is 0 Å². The normalized spacial score (nSPS) is 16.6. The summed E-state index contributed by atoms with van der Waals surface area (Å²) in [4.78, 5) is 0. The molecule has 1 atom stereocenters. The fourth-order valence-corrected chi connectivity index (χ4v) is 2.60. The Balaban J connectivity index is 1.91. The first kappa shape index (κ1) is 11.9. The Morgan fingerprint density at radius 1 is 1.05 bits per heavy atom. The first-order chi connectivity index (χ1) is 9.31. The molecule has 0 aliphatic carbocycles. The molecule has 0 amide bonds. The van der Waals surface area contributed by atoms with Crippen LogP contribution in [0.25, 0.3) is 0 Å². The minimum absolute atomic E-state index is 0.262. The van der Waals surface area contributed by atoms with E-state index in [4.69, 9.17) is 9.47 Å². The number of benzene rings is 2. The van der Waals surface area contributed by atoms with Crippen molar-refractivity contribution in [1.29, 1.82) is 0 Å². The highest BCUT2D eigenvalue weighted by Crippen LogP contribution is 2.39. The number of methoxy groups -OCH3 is 2. The van der Waals surface area contributed by atoms with Gasteiger partial charge in [0.05, 0.1) is 20.3 Å². The standard InChI is InChI=1S/C16H17NO2/c1-18-12-8-7-11-9-15(17-14(11)10-12)13-5-3-4-6-16(13)19-2/h3-8,10,15,17H,9H2,1-2H3. The van der Waals surface area contributed by atoms with Gasteiger partial charge < -0.3 is 14.8 Å². The van der Waals surface area contributed by atoms with E-state index in [0.717, 1.165) is 23.6 Å². The van der Waals surface area contributed by atoms with Crippen molar-refractivity contribution in [3.05, 3.63) is 53.6 Å². The summed E-state index contributed by atoms with van der Waals surface area (Å²) in [6.45, 7) is 0. The molecular weight excluding hydrogens is 238 g/mol. The maximum atomic E-state index is 5.44. The zero-order chi connectivity index (χ0) is 13.2. The molecule has 0 radical (unpaired) electrons. The Bertz CT molecular complexity index is 595. The van der Waals surface area contributed by atoms with E-state index in [1.54, 1.807) is 14.2 Å². The van der Waals surface area contributed by atoms with Crippen LogP contribution in [0.4, 0.5) is 5.69 Å². The summed E-state index contributed by atoms with van der Waals surface area (Å²) < 4.78 is 10.7. The lowest BCUT2D eigenvalue weighted by Crippen LogP contribution is -2.07. The van der Waals surface area contributed by atoms with Gasteiger partial charge in [-0.3, -0.25) is 0 Å². The van der Waals surface area contributed by atoms with Gasteiger partial charge in [0.25, 0.3) is 0 Å². The van der Waals surface area contributed by atoms with E-state index in [1.807, 2.05) is 30.3 Å². The number of hydrogen-bond donors (Lipinski definition) is 1. The Morgan fingerprint density at radius 2 is 1.89 bits per heavy atom. The summed E-state index contributed by atoms with van der Waals surface area (Å²) in [5.74, 6) is 1.81. The van der Waals surface area contributed by atoms with E-state index in [9.17, 15) is 0 Å². The molecule has 0 aromatic heterocycles. The number of rotatable bonds is 3. The molecule has 2 aromatic carbocycles. The second-order valence-corrected chi connectivity index (χ2v) is 4.67. The van der Waals surface area contributed by atoms with Gasteiger partial charge in [0.1, 0.15) is 11.5 Å². The molecule has 0 fully saturated rings. The third kappa shape index (κ3) is 2.12. The zero-order valence-electron chi connectivity index (χ0n) is 11.1. The number of hydrogen-bond acceptors (Lipinski definition) is 3. The summed E-state index contributed by atoms with van der Waals surface area (Å²) in [6.07, 6.45) is 0.972. The molecule has 1 heterocycles. The molecule has 98 valence electrons. The first-order valence-electron chi connectivity index (χ1n) is 6.38. The van der Waals surface area contributed by atoms with Crippen molar-refractivity contribution >= 4 is 5.69 Å². The van der Waals surface area contributed by atoms with Crippen LogP contribution in [0.5, 0.6) is 11.5 Å². The smallest absolute Gasteiger partial charge is 0.124 e. The third-order valence-electron chi connectivity index (χ3n) is 3.59. The molecule has 3 heteroatoms. The zero-order valence-corrected chi connectivity index (χ0v) is 11.1. The third-order valence-corrected chi connectivity index (χ3v) is 3.59. The van der Waals surface area contributed by atoms with Crippen LogP contribution in [0, 0.1) is 0 Å². The van der Waals surface area contributed by atoms with Crippen molar-refractivity contribution in [1.82, 2.24) is 0 Å². The number of fused-ring (bicyclic) bond motifs is 1. The monoisotopic (exact) mass is 255 g/mol. The van der Waals surface area contributed by atoms with Gasteiger partial charge in [-0.05, 0) is 24.1 Å². The van der Waals surface area contributed by atoms with Crippen molar-refractivity contribution in [2.24, 2.45) is 0 Å². The van der Waals surface area contributed by atoms with Crippen LogP contribution in [0.1, 0.15) is 17.2 Å². The Morgan fingerprint density at radius 3 is 2.68 bits per heavy atom. The highest BCUT2D eigenvalue weighted by atomic mass is 16.5. The second-order valence-electron chi connectivity index (χ2n) is 4.67. The fraction of sp³-hybridized carbons (Fsp3) is 0.250. The van der Waals surface area contributed by atoms with E-state index < -0.39 is 0 Å². The quantitative estimate of drug-likeness (QED) is 0.911. The number of anilines is 1. The maximum Gasteiger partial charge on any atom is 0.124 e. The molecule has 1 unspecified atom stereocenters. The van der Waals surface area contributed by atoms with Crippen molar-refractivity contribution in [3.8, 4) is 11.5 Å². The van der Waals surface area contributed by atoms with Crippen LogP contribution < -0.4 is 14.8 Å².